The summed E-state index contributed by atoms with van der Waals surface area (Å²) >= 11 is 0. The van der Waals surface area contributed by atoms with Crippen LogP contribution in [0.15, 0.2) is 23.3 Å². The summed E-state index contributed by atoms with van der Waals surface area (Å²) in [6.07, 6.45) is 0.824. The molecule has 0 spiro atoms. The molecule has 0 bridgehead atoms. The first-order valence-corrected chi connectivity index (χ1v) is 4.10. The van der Waals surface area contributed by atoms with E-state index >= 15 is 0 Å². The largest absolute Gasteiger partial charge is 0.508 e. The second-order valence-electron chi connectivity index (χ2n) is 2.66. The summed E-state index contributed by atoms with van der Waals surface area (Å²) in [5, 5.41) is 12.9. The lowest BCUT2D eigenvalue weighted by molar-refractivity contribution is 0.467. The average Bonchev–Trinajstić information content (AvgIpc) is 2.15. The number of nitrogens with zero attached hydrogens (tertiary/aromatic N) is 3. The summed E-state index contributed by atoms with van der Waals surface area (Å²) in [6.45, 7) is 2.21. The Labute approximate surface area is 76.5 Å². The molecule has 1 rings (SSSR count). The monoisotopic (exact) mass is 177 g/mol. The van der Waals surface area contributed by atoms with Gasteiger partial charge in [-0.25, -0.2) is 0 Å². The van der Waals surface area contributed by atoms with E-state index in [4.69, 9.17) is 5.53 Å². The molecule has 0 atom stereocenters. The van der Waals surface area contributed by atoms with Crippen molar-refractivity contribution in [2.75, 3.05) is 0 Å². The van der Waals surface area contributed by atoms with Crippen LogP contribution >= 0.6 is 0 Å². The average molecular weight is 177 g/mol. The summed E-state index contributed by atoms with van der Waals surface area (Å²) in [5.41, 5.74) is 9.90. The smallest absolute Gasteiger partial charge is 0.119 e. The first-order valence-electron chi connectivity index (χ1n) is 4.10. The highest BCUT2D eigenvalue weighted by molar-refractivity contribution is 5.39. The first-order chi connectivity index (χ1) is 6.29. The van der Waals surface area contributed by atoms with Gasteiger partial charge in [-0.1, -0.05) is 24.2 Å². The summed E-state index contributed by atoms with van der Waals surface area (Å²) in [7, 11) is 0. The van der Waals surface area contributed by atoms with Crippen LogP contribution in [0.2, 0.25) is 0 Å². The van der Waals surface area contributed by atoms with Gasteiger partial charge in [0.2, 0.25) is 0 Å². The fourth-order valence-electron chi connectivity index (χ4n) is 1.24. The van der Waals surface area contributed by atoms with Gasteiger partial charge in [-0.2, -0.15) is 0 Å². The second kappa shape index (κ2) is 4.38. The van der Waals surface area contributed by atoms with Gasteiger partial charge < -0.3 is 5.11 Å². The van der Waals surface area contributed by atoms with E-state index in [0.29, 0.717) is 0 Å². The minimum atomic E-state index is 0.201. The maximum absolute atomic E-state index is 9.47. The summed E-state index contributed by atoms with van der Waals surface area (Å²) in [5.74, 6) is 0.201. The van der Waals surface area contributed by atoms with Gasteiger partial charge in [0, 0.05) is 10.5 Å². The first kappa shape index (κ1) is 9.42. The van der Waals surface area contributed by atoms with Crippen molar-refractivity contribution in [3.8, 4) is 5.75 Å². The molecule has 0 saturated heterocycles. The van der Waals surface area contributed by atoms with Crippen molar-refractivity contribution in [2.24, 2.45) is 5.11 Å². The number of hydrogen-bond donors (Lipinski definition) is 1. The topological polar surface area (TPSA) is 69.0 Å². The number of rotatable bonds is 3. The number of azide groups is 1. The van der Waals surface area contributed by atoms with Gasteiger partial charge in [-0.15, -0.1) is 0 Å². The number of aromatic hydroxyl groups is 1. The van der Waals surface area contributed by atoms with Crippen LogP contribution in [0.4, 0.5) is 0 Å². The number of aryl methyl sites for hydroxylation is 1. The molecule has 0 heterocycles. The quantitative estimate of drug-likeness (QED) is 0.430. The van der Waals surface area contributed by atoms with Crippen molar-refractivity contribution in [1.29, 1.82) is 0 Å². The zero-order valence-electron chi connectivity index (χ0n) is 7.44. The van der Waals surface area contributed by atoms with Crippen molar-refractivity contribution in [3.63, 3.8) is 0 Å². The van der Waals surface area contributed by atoms with Crippen LogP contribution < -0.4 is 0 Å². The van der Waals surface area contributed by atoms with Crippen molar-refractivity contribution < 1.29 is 5.11 Å². The molecule has 0 aromatic heterocycles. The Hall–Kier alpha value is -1.67. The van der Waals surface area contributed by atoms with Crippen LogP contribution in [0.3, 0.4) is 0 Å². The van der Waals surface area contributed by atoms with E-state index in [1.54, 1.807) is 12.1 Å². The summed E-state index contributed by atoms with van der Waals surface area (Å²) in [6, 6.07) is 5.30. The molecule has 0 saturated carbocycles. The Morgan fingerprint density at radius 1 is 1.54 bits per heavy atom. The molecule has 0 radical (unpaired) electrons. The minimum Gasteiger partial charge on any atom is -0.508 e. The van der Waals surface area contributed by atoms with E-state index in [1.807, 2.05) is 13.0 Å². The predicted octanol–water partition coefficient (Wildman–Crippen LogP) is 2.76. The van der Waals surface area contributed by atoms with E-state index in [-0.39, 0.29) is 12.3 Å². The maximum atomic E-state index is 9.47. The molecule has 4 heteroatoms. The summed E-state index contributed by atoms with van der Waals surface area (Å²) < 4.78 is 0. The Balaban J connectivity index is 3.06. The minimum absolute atomic E-state index is 0.201. The number of hydrogen-bond acceptors (Lipinski definition) is 2. The van der Waals surface area contributed by atoms with Crippen molar-refractivity contribution in [1.82, 2.24) is 0 Å². The van der Waals surface area contributed by atoms with Crippen LogP contribution in [-0.4, -0.2) is 5.11 Å². The zero-order valence-corrected chi connectivity index (χ0v) is 7.44. The fraction of sp³-hybridized carbons (Fsp3) is 0.333. The van der Waals surface area contributed by atoms with Crippen molar-refractivity contribution in [3.05, 3.63) is 39.8 Å². The number of phenolic OH excluding ortho intramolecular Hbond substituents is 1. The standard InChI is InChI=1S/C9H11N3O/c1-2-7-4-3-5-9(13)8(7)6-11-12-10/h3-5,13H,2,6H2,1H3. The van der Waals surface area contributed by atoms with E-state index in [1.165, 1.54) is 0 Å². The molecule has 13 heavy (non-hydrogen) atoms. The Kier molecular flexibility index (Phi) is 3.17. The summed E-state index contributed by atoms with van der Waals surface area (Å²) in [4.78, 5) is 2.66. The molecule has 4 nitrogen and oxygen atoms in total. The predicted molar refractivity (Wildman–Crippen MR) is 50.3 cm³/mol. The highest BCUT2D eigenvalue weighted by Crippen LogP contribution is 2.22. The molecule has 1 aromatic rings. The molecule has 0 aliphatic heterocycles. The van der Waals surface area contributed by atoms with E-state index in [0.717, 1.165) is 17.5 Å². The van der Waals surface area contributed by atoms with Gasteiger partial charge in [0.1, 0.15) is 5.75 Å². The zero-order chi connectivity index (χ0) is 9.68. The SMILES string of the molecule is CCc1cccc(O)c1CN=[N+]=[N-]. The third-order valence-electron chi connectivity index (χ3n) is 1.92. The van der Waals surface area contributed by atoms with Crippen molar-refractivity contribution >= 4 is 0 Å². The third-order valence-corrected chi connectivity index (χ3v) is 1.92. The Morgan fingerprint density at radius 2 is 2.31 bits per heavy atom. The Morgan fingerprint density at radius 3 is 2.92 bits per heavy atom. The number of benzene rings is 1. The lowest BCUT2D eigenvalue weighted by atomic mass is 10.0. The molecule has 0 aliphatic rings. The third kappa shape index (κ3) is 2.13. The van der Waals surface area contributed by atoms with Crippen LogP contribution in [0, 0.1) is 0 Å². The second-order valence-corrected chi connectivity index (χ2v) is 2.66. The molecule has 0 aliphatic carbocycles. The van der Waals surface area contributed by atoms with Crippen LogP contribution in [0.5, 0.6) is 5.75 Å². The van der Waals surface area contributed by atoms with E-state index < -0.39 is 0 Å². The van der Waals surface area contributed by atoms with Crippen LogP contribution in [-0.2, 0) is 13.0 Å². The van der Waals surface area contributed by atoms with Gasteiger partial charge in [0.25, 0.3) is 0 Å². The van der Waals surface area contributed by atoms with Crippen LogP contribution in [0.1, 0.15) is 18.1 Å². The maximum Gasteiger partial charge on any atom is 0.119 e. The van der Waals surface area contributed by atoms with Crippen LogP contribution in [0.25, 0.3) is 10.4 Å². The molecular weight excluding hydrogens is 166 g/mol. The lowest BCUT2D eigenvalue weighted by Gasteiger charge is -2.06. The molecule has 0 amide bonds. The van der Waals surface area contributed by atoms with E-state index in [9.17, 15) is 5.11 Å². The van der Waals surface area contributed by atoms with Gasteiger partial charge in [0.15, 0.2) is 0 Å². The van der Waals surface area contributed by atoms with Gasteiger partial charge in [-0.05, 0) is 23.6 Å². The van der Waals surface area contributed by atoms with Gasteiger partial charge in [-0.3, -0.25) is 0 Å². The molecular formula is C9H11N3O. The normalized spacial score (nSPS) is 9.31. The van der Waals surface area contributed by atoms with Gasteiger partial charge in [0.05, 0.1) is 6.54 Å². The number of phenols is 1. The molecule has 1 aromatic carbocycles. The highest BCUT2D eigenvalue weighted by atomic mass is 16.3. The Bertz CT molecular complexity index is 343. The van der Waals surface area contributed by atoms with Gasteiger partial charge >= 0.3 is 0 Å². The molecule has 68 valence electrons. The molecule has 0 fully saturated rings. The fourth-order valence-corrected chi connectivity index (χ4v) is 1.24. The van der Waals surface area contributed by atoms with Crippen molar-refractivity contribution in [2.45, 2.75) is 19.9 Å². The van der Waals surface area contributed by atoms with E-state index in [2.05, 4.69) is 10.0 Å². The lowest BCUT2D eigenvalue weighted by Crippen LogP contribution is -1.90. The highest BCUT2D eigenvalue weighted by Gasteiger charge is 2.03. The molecule has 1 N–H and O–H groups in total. The molecule has 0 unspecified atom stereocenters.